The Kier molecular flexibility index (Phi) is 6.18. The van der Waals surface area contributed by atoms with Gasteiger partial charge < -0.3 is 14.5 Å². The predicted molar refractivity (Wildman–Crippen MR) is 132 cm³/mol. The number of hydrogen-bond acceptors (Lipinski definition) is 5. The molecule has 0 fully saturated rings. The number of amidine groups is 1. The molecule has 178 valence electrons. The molecular formula is C24H27N5O4S. The van der Waals surface area contributed by atoms with E-state index in [4.69, 9.17) is 4.74 Å². The van der Waals surface area contributed by atoms with Crippen molar-refractivity contribution in [3.63, 3.8) is 0 Å². The van der Waals surface area contributed by atoms with E-state index in [9.17, 15) is 13.2 Å². The summed E-state index contributed by atoms with van der Waals surface area (Å²) in [5.41, 5.74) is 4.47. The highest BCUT2D eigenvalue weighted by atomic mass is 32.2. The van der Waals surface area contributed by atoms with Crippen LogP contribution in [0.3, 0.4) is 0 Å². The summed E-state index contributed by atoms with van der Waals surface area (Å²) in [6.45, 7) is 2.44. The second-order valence-electron chi connectivity index (χ2n) is 8.32. The molecule has 3 aromatic rings. The van der Waals surface area contributed by atoms with Gasteiger partial charge in [0.2, 0.25) is 0 Å². The van der Waals surface area contributed by atoms with Crippen molar-refractivity contribution in [3.8, 4) is 11.4 Å². The molecule has 0 atom stereocenters. The first kappa shape index (κ1) is 23.5. The molecule has 0 N–H and O–H groups in total. The van der Waals surface area contributed by atoms with Crippen molar-refractivity contribution < 1.29 is 17.9 Å². The Morgan fingerprint density at radius 2 is 1.68 bits per heavy atom. The molecule has 1 aromatic heterocycles. The van der Waals surface area contributed by atoms with Gasteiger partial charge in [-0.15, -0.1) is 4.40 Å². The number of carbonyl (C=O) groups is 1. The summed E-state index contributed by atoms with van der Waals surface area (Å²) >= 11 is 0. The Morgan fingerprint density at radius 3 is 2.24 bits per heavy atom. The molecule has 2 heterocycles. The Morgan fingerprint density at radius 1 is 1.06 bits per heavy atom. The number of methoxy groups -OCH3 is 1. The van der Waals surface area contributed by atoms with Crippen LogP contribution in [0, 0.1) is 6.92 Å². The average molecular weight is 482 g/mol. The number of rotatable bonds is 5. The molecule has 10 heteroatoms. The Bertz CT molecular complexity index is 1360. The summed E-state index contributed by atoms with van der Waals surface area (Å²) in [6.07, 6.45) is 1.74. The van der Waals surface area contributed by atoms with E-state index in [1.165, 1.54) is 0 Å². The van der Waals surface area contributed by atoms with E-state index < -0.39 is 10.0 Å². The summed E-state index contributed by atoms with van der Waals surface area (Å²) in [5.74, 6) is 0.920. The van der Waals surface area contributed by atoms with E-state index in [-0.39, 0.29) is 5.91 Å². The van der Waals surface area contributed by atoms with Gasteiger partial charge in [0.15, 0.2) is 0 Å². The molecule has 0 unspecified atom stereocenters. The summed E-state index contributed by atoms with van der Waals surface area (Å²) in [6, 6.07) is 14.6. The fraction of sp³-hybridized carbons (Fsp3) is 0.292. The minimum absolute atomic E-state index is 0.136. The van der Waals surface area contributed by atoms with Crippen molar-refractivity contribution in [2.24, 2.45) is 4.40 Å². The molecule has 0 saturated heterocycles. The summed E-state index contributed by atoms with van der Waals surface area (Å²) < 4.78 is 34.2. The molecule has 9 nitrogen and oxygen atoms in total. The lowest BCUT2D eigenvalue weighted by molar-refractivity contribution is 0.0973. The van der Waals surface area contributed by atoms with Crippen LogP contribution in [0.4, 0.5) is 5.69 Å². The summed E-state index contributed by atoms with van der Waals surface area (Å²) in [7, 11) is 1.51. The quantitative estimate of drug-likeness (QED) is 0.411. The number of carbonyl (C=O) groups excluding carboxylic acids is 1. The number of anilines is 1. The SMILES string of the molecule is COc1ccc(-n2nc(C)c3c2C(=O)N(c2ccc(C(=NS(C)(=O)=O)N(C)C)cc2)CC3)cc1. The normalized spacial score (nSPS) is 14.2. The van der Waals surface area contributed by atoms with Crippen LogP contribution in [0.1, 0.15) is 27.3 Å². The lowest BCUT2D eigenvalue weighted by atomic mass is 10.0. The van der Waals surface area contributed by atoms with Gasteiger partial charge in [-0.1, -0.05) is 0 Å². The van der Waals surface area contributed by atoms with Crippen LogP contribution in [-0.2, 0) is 16.4 Å². The molecule has 2 aromatic carbocycles. The zero-order valence-corrected chi connectivity index (χ0v) is 20.6. The number of benzene rings is 2. The molecule has 1 amide bonds. The minimum Gasteiger partial charge on any atom is -0.497 e. The molecule has 0 radical (unpaired) electrons. The monoisotopic (exact) mass is 481 g/mol. The van der Waals surface area contributed by atoms with E-state index in [0.717, 1.165) is 34.6 Å². The number of aromatic nitrogens is 2. The van der Waals surface area contributed by atoms with Gasteiger partial charge in [-0.3, -0.25) is 4.79 Å². The first-order chi connectivity index (χ1) is 16.1. The first-order valence-electron chi connectivity index (χ1n) is 10.7. The van der Waals surface area contributed by atoms with Crippen LogP contribution in [0.2, 0.25) is 0 Å². The molecular weight excluding hydrogens is 454 g/mol. The van der Waals surface area contributed by atoms with Gasteiger partial charge in [0.25, 0.3) is 15.9 Å². The van der Waals surface area contributed by atoms with Crippen LogP contribution in [0.25, 0.3) is 5.69 Å². The van der Waals surface area contributed by atoms with Crippen LogP contribution in [-0.4, -0.2) is 68.8 Å². The Labute approximate surface area is 199 Å². The third-order valence-electron chi connectivity index (χ3n) is 5.65. The Balaban J connectivity index is 1.68. The third kappa shape index (κ3) is 4.54. The smallest absolute Gasteiger partial charge is 0.277 e. The topological polar surface area (TPSA) is 97.1 Å². The molecule has 1 aliphatic heterocycles. The highest BCUT2D eigenvalue weighted by Gasteiger charge is 2.32. The Hall–Kier alpha value is -3.66. The van der Waals surface area contributed by atoms with Crippen LogP contribution >= 0.6 is 0 Å². The number of hydrogen-bond donors (Lipinski definition) is 0. The lowest BCUT2D eigenvalue weighted by Gasteiger charge is -2.28. The van der Waals surface area contributed by atoms with Gasteiger partial charge >= 0.3 is 0 Å². The van der Waals surface area contributed by atoms with E-state index in [1.54, 1.807) is 60.0 Å². The maximum absolute atomic E-state index is 13.6. The zero-order valence-electron chi connectivity index (χ0n) is 19.8. The molecule has 0 saturated carbocycles. The fourth-order valence-electron chi connectivity index (χ4n) is 4.03. The molecule has 0 spiro atoms. The fourth-order valence-corrected chi connectivity index (χ4v) is 4.61. The number of aryl methyl sites for hydroxylation is 1. The van der Waals surface area contributed by atoms with Gasteiger partial charge in [-0.25, -0.2) is 13.1 Å². The standard InChI is InChI=1S/C24H27N5O4S/c1-16-21-14-15-28(18-8-6-17(7-9-18)23(27(2)3)26-34(5,31)32)24(30)22(21)29(25-16)19-10-12-20(33-4)13-11-19/h6-13H,14-15H2,1-5H3. The van der Waals surface area contributed by atoms with Gasteiger partial charge in [0.1, 0.15) is 17.3 Å². The van der Waals surface area contributed by atoms with Crippen LogP contribution < -0.4 is 9.64 Å². The number of fused-ring (bicyclic) bond motifs is 1. The van der Waals surface area contributed by atoms with Crippen molar-refractivity contribution in [3.05, 3.63) is 71.0 Å². The highest BCUT2D eigenvalue weighted by Crippen LogP contribution is 2.29. The van der Waals surface area contributed by atoms with E-state index in [2.05, 4.69) is 9.50 Å². The van der Waals surface area contributed by atoms with E-state index in [1.807, 2.05) is 31.2 Å². The van der Waals surface area contributed by atoms with Crippen LogP contribution in [0.15, 0.2) is 52.9 Å². The predicted octanol–water partition coefficient (Wildman–Crippen LogP) is 2.66. The van der Waals surface area contributed by atoms with Gasteiger partial charge in [0, 0.05) is 37.5 Å². The lowest BCUT2D eigenvalue weighted by Crippen LogP contribution is -2.38. The minimum atomic E-state index is -3.56. The largest absolute Gasteiger partial charge is 0.497 e. The first-order valence-corrected chi connectivity index (χ1v) is 12.6. The molecule has 4 rings (SSSR count). The third-order valence-corrected chi connectivity index (χ3v) is 6.15. The van der Waals surface area contributed by atoms with Crippen LogP contribution in [0.5, 0.6) is 5.75 Å². The second kappa shape index (κ2) is 8.94. The van der Waals surface area contributed by atoms with Crippen molar-refractivity contribution in [1.82, 2.24) is 14.7 Å². The zero-order chi connectivity index (χ0) is 24.6. The number of sulfonamides is 1. The second-order valence-corrected chi connectivity index (χ2v) is 9.97. The molecule has 34 heavy (non-hydrogen) atoms. The van der Waals surface area contributed by atoms with E-state index >= 15 is 0 Å². The van der Waals surface area contributed by atoms with Crippen molar-refractivity contribution in [1.29, 1.82) is 0 Å². The van der Waals surface area contributed by atoms with Crippen molar-refractivity contribution in [2.45, 2.75) is 13.3 Å². The number of amides is 1. The maximum Gasteiger partial charge on any atom is 0.277 e. The van der Waals surface area contributed by atoms with E-state index in [0.29, 0.717) is 30.1 Å². The van der Waals surface area contributed by atoms with Gasteiger partial charge in [0.05, 0.1) is 24.7 Å². The highest BCUT2D eigenvalue weighted by molar-refractivity contribution is 7.89. The maximum atomic E-state index is 13.6. The van der Waals surface area contributed by atoms with Crippen molar-refractivity contribution in [2.75, 3.05) is 38.9 Å². The number of nitrogens with zero attached hydrogens (tertiary/aromatic N) is 5. The number of ether oxygens (including phenoxy) is 1. The van der Waals surface area contributed by atoms with Gasteiger partial charge in [-0.05, 0) is 61.9 Å². The summed E-state index contributed by atoms with van der Waals surface area (Å²) in [5, 5.41) is 4.64. The molecule has 0 bridgehead atoms. The van der Waals surface area contributed by atoms with Gasteiger partial charge in [-0.2, -0.15) is 5.10 Å². The molecule has 1 aliphatic rings. The van der Waals surface area contributed by atoms with Crippen molar-refractivity contribution >= 4 is 27.5 Å². The summed E-state index contributed by atoms with van der Waals surface area (Å²) in [4.78, 5) is 17.0. The molecule has 0 aliphatic carbocycles. The average Bonchev–Trinajstić information content (AvgIpc) is 3.14.